The summed E-state index contributed by atoms with van der Waals surface area (Å²) >= 11 is 0. The predicted octanol–water partition coefficient (Wildman–Crippen LogP) is -0.00550. The van der Waals surface area contributed by atoms with Gasteiger partial charge in [0.1, 0.15) is 6.34 Å². The van der Waals surface area contributed by atoms with E-state index >= 15 is 0 Å². The SMILES string of the molecule is C=c1[nH]c(O)c(C=C2C=NC=N2)c1=C. The van der Waals surface area contributed by atoms with E-state index in [-0.39, 0.29) is 5.88 Å². The van der Waals surface area contributed by atoms with Gasteiger partial charge in [-0.3, -0.25) is 0 Å². The summed E-state index contributed by atoms with van der Waals surface area (Å²) < 4.78 is 0. The molecule has 0 radical (unpaired) electrons. The fourth-order valence-corrected chi connectivity index (χ4v) is 1.21. The smallest absolute Gasteiger partial charge is 0.196 e. The first-order chi connectivity index (χ1) is 6.68. The van der Waals surface area contributed by atoms with Gasteiger partial charge in [0, 0.05) is 16.1 Å². The molecule has 0 saturated heterocycles. The number of aromatic hydroxyl groups is 1. The van der Waals surface area contributed by atoms with Gasteiger partial charge in [0.2, 0.25) is 0 Å². The maximum atomic E-state index is 9.50. The molecular formula is C10H9N3O. The zero-order valence-electron chi connectivity index (χ0n) is 7.49. The quantitative estimate of drug-likeness (QED) is 0.638. The average molecular weight is 187 g/mol. The van der Waals surface area contributed by atoms with Crippen molar-refractivity contribution in [3.05, 3.63) is 21.8 Å². The number of allylic oxidation sites excluding steroid dienone is 1. The Morgan fingerprint density at radius 1 is 1.43 bits per heavy atom. The zero-order chi connectivity index (χ0) is 10.1. The molecule has 0 unspecified atom stereocenters. The Morgan fingerprint density at radius 3 is 2.71 bits per heavy atom. The first kappa shape index (κ1) is 8.50. The number of nitrogens with zero attached hydrogens (tertiary/aromatic N) is 2. The summed E-state index contributed by atoms with van der Waals surface area (Å²) in [6.45, 7) is 7.49. The van der Waals surface area contributed by atoms with Gasteiger partial charge in [-0.25, -0.2) is 9.98 Å². The molecule has 0 amide bonds. The minimum atomic E-state index is 0.0583. The lowest BCUT2D eigenvalue weighted by Crippen LogP contribution is -2.20. The molecule has 0 saturated carbocycles. The van der Waals surface area contributed by atoms with Crippen LogP contribution in [-0.2, 0) is 0 Å². The van der Waals surface area contributed by atoms with Crippen molar-refractivity contribution in [2.24, 2.45) is 9.98 Å². The van der Waals surface area contributed by atoms with Crippen molar-refractivity contribution < 1.29 is 5.11 Å². The Kier molecular flexibility index (Phi) is 1.81. The van der Waals surface area contributed by atoms with E-state index in [2.05, 4.69) is 28.1 Å². The number of rotatable bonds is 1. The lowest BCUT2D eigenvalue weighted by Gasteiger charge is -1.90. The molecule has 14 heavy (non-hydrogen) atoms. The molecule has 2 N–H and O–H groups in total. The van der Waals surface area contributed by atoms with Crippen LogP contribution < -0.4 is 10.6 Å². The highest BCUT2D eigenvalue weighted by atomic mass is 16.3. The molecule has 0 fully saturated rings. The fourth-order valence-electron chi connectivity index (χ4n) is 1.21. The Bertz CT molecular complexity index is 535. The summed E-state index contributed by atoms with van der Waals surface area (Å²) in [5.41, 5.74) is 1.29. The molecule has 1 aromatic heterocycles. The van der Waals surface area contributed by atoms with Crippen LogP contribution in [0, 0.1) is 0 Å². The van der Waals surface area contributed by atoms with E-state index < -0.39 is 0 Å². The Balaban J connectivity index is 2.58. The van der Waals surface area contributed by atoms with Gasteiger partial charge in [-0.15, -0.1) is 0 Å². The van der Waals surface area contributed by atoms with Crippen LogP contribution in [0.4, 0.5) is 0 Å². The van der Waals surface area contributed by atoms with Gasteiger partial charge in [0.05, 0.1) is 11.9 Å². The number of aromatic nitrogens is 1. The third kappa shape index (κ3) is 1.26. The monoisotopic (exact) mass is 187 g/mol. The van der Waals surface area contributed by atoms with Crippen molar-refractivity contribution in [2.45, 2.75) is 0 Å². The first-order valence-electron chi connectivity index (χ1n) is 4.04. The Morgan fingerprint density at radius 2 is 2.21 bits per heavy atom. The number of hydrogen-bond donors (Lipinski definition) is 2. The highest BCUT2D eigenvalue weighted by molar-refractivity contribution is 5.95. The van der Waals surface area contributed by atoms with Gasteiger partial charge in [-0.05, 0) is 6.08 Å². The second-order valence-electron chi connectivity index (χ2n) is 2.94. The molecule has 0 bridgehead atoms. The van der Waals surface area contributed by atoms with Crippen molar-refractivity contribution in [3.63, 3.8) is 0 Å². The van der Waals surface area contributed by atoms with Gasteiger partial charge >= 0.3 is 0 Å². The van der Waals surface area contributed by atoms with E-state index in [0.29, 0.717) is 21.8 Å². The van der Waals surface area contributed by atoms with Crippen molar-refractivity contribution in [3.8, 4) is 5.88 Å². The number of aromatic amines is 1. The summed E-state index contributed by atoms with van der Waals surface area (Å²) in [6, 6.07) is 0. The van der Waals surface area contributed by atoms with Crippen LogP contribution >= 0.6 is 0 Å². The molecule has 2 rings (SSSR count). The molecule has 1 aliphatic heterocycles. The largest absolute Gasteiger partial charge is 0.494 e. The summed E-state index contributed by atoms with van der Waals surface area (Å²) in [5.74, 6) is 0.0583. The van der Waals surface area contributed by atoms with Gasteiger partial charge in [0.15, 0.2) is 5.88 Å². The van der Waals surface area contributed by atoms with Crippen LogP contribution in [0.2, 0.25) is 0 Å². The Labute approximate surface area is 80.3 Å². The molecular weight excluding hydrogens is 178 g/mol. The molecule has 2 heterocycles. The number of H-pyrrole nitrogens is 1. The summed E-state index contributed by atoms with van der Waals surface area (Å²) in [4.78, 5) is 10.5. The summed E-state index contributed by atoms with van der Waals surface area (Å²) in [5, 5.41) is 10.8. The normalized spacial score (nSPS) is 17.0. The number of nitrogens with one attached hydrogen (secondary N) is 1. The molecule has 1 aliphatic rings. The van der Waals surface area contributed by atoms with E-state index in [0.717, 1.165) is 0 Å². The van der Waals surface area contributed by atoms with Crippen molar-refractivity contribution in [1.29, 1.82) is 0 Å². The van der Waals surface area contributed by atoms with E-state index in [1.165, 1.54) is 6.34 Å². The van der Waals surface area contributed by atoms with Crippen LogP contribution in [0.1, 0.15) is 5.56 Å². The van der Waals surface area contributed by atoms with E-state index in [9.17, 15) is 5.11 Å². The predicted molar refractivity (Wildman–Crippen MR) is 57.7 cm³/mol. The minimum Gasteiger partial charge on any atom is -0.494 e. The lowest BCUT2D eigenvalue weighted by atomic mass is 10.2. The third-order valence-corrected chi connectivity index (χ3v) is 1.99. The van der Waals surface area contributed by atoms with Gasteiger partial charge < -0.3 is 10.1 Å². The lowest BCUT2D eigenvalue weighted by molar-refractivity contribution is 0.455. The maximum Gasteiger partial charge on any atom is 0.196 e. The van der Waals surface area contributed by atoms with Crippen molar-refractivity contribution >= 4 is 31.8 Å². The van der Waals surface area contributed by atoms with Gasteiger partial charge in [-0.2, -0.15) is 0 Å². The second kappa shape index (κ2) is 2.99. The third-order valence-electron chi connectivity index (χ3n) is 1.99. The van der Waals surface area contributed by atoms with E-state index in [4.69, 9.17) is 0 Å². The number of hydrogen-bond acceptors (Lipinski definition) is 3. The van der Waals surface area contributed by atoms with Crippen LogP contribution in [0.5, 0.6) is 5.88 Å². The highest BCUT2D eigenvalue weighted by Crippen LogP contribution is 2.12. The average Bonchev–Trinajstić information content (AvgIpc) is 2.71. The topological polar surface area (TPSA) is 60.7 Å². The molecule has 4 nitrogen and oxygen atoms in total. The van der Waals surface area contributed by atoms with Crippen LogP contribution in [0.3, 0.4) is 0 Å². The molecule has 0 spiro atoms. The van der Waals surface area contributed by atoms with E-state index in [1.807, 2.05) is 0 Å². The zero-order valence-corrected chi connectivity index (χ0v) is 7.49. The molecule has 1 aromatic rings. The molecule has 0 aromatic carbocycles. The van der Waals surface area contributed by atoms with Gasteiger partial charge in [-0.1, -0.05) is 13.2 Å². The fraction of sp³-hybridized carbons (Fsp3) is 0. The molecule has 0 aliphatic carbocycles. The number of aliphatic imine (C=N–C) groups is 2. The maximum absolute atomic E-state index is 9.50. The molecule has 70 valence electrons. The van der Waals surface area contributed by atoms with Crippen molar-refractivity contribution in [2.75, 3.05) is 0 Å². The summed E-state index contributed by atoms with van der Waals surface area (Å²) in [6.07, 6.45) is 4.76. The van der Waals surface area contributed by atoms with E-state index in [1.54, 1.807) is 12.3 Å². The van der Waals surface area contributed by atoms with Crippen molar-refractivity contribution in [1.82, 2.24) is 4.98 Å². The molecule has 4 heteroatoms. The Hall–Kier alpha value is -2.10. The summed E-state index contributed by atoms with van der Waals surface area (Å²) in [7, 11) is 0. The van der Waals surface area contributed by atoms with Gasteiger partial charge in [0.25, 0.3) is 0 Å². The van der Waals surface area contributed by atoms with Crippen LogP contribution in [0.15, 0.2) is 15.7 Å². The molecule has 0 atom stereocenters. The van der Waals surface area contributed by atoms with Crippen LogP contribution in [0.25, 0.3) is 19.2 Å². The first-order valence-corrected chi connectivity index (χ1v) is 4.04. The highest BCUT2D eigenvalue weighted by Gasteiger charge is 2.04. The second-order valence-corrected chi connectivity index (χ2v) is 2.94. The standard InChI is InChI=1S/C10H9N3O/c1-6-7(2)13-10(14)9(6)3-8-4-11-5-12-8/h3-5,13-14H,1-2H2. The minimum absolute atomic E-state index is 0.0583. The van der Waals surface area contributed by atoms with Crippen LogP contribution in [-0.4, -0.2) is 22.6 Å².